The molecule has 0 radical (unpaired) electrons. The van der Waals surface area contributed by atoms with Gasteiger partial charge in [0.2, 0.25) is 11.6 Å². The molecule has 0 spiro atoms. The minimum atomic E-state index is -0.302. The number of fused-ring (bicyclic) bond motifs is 2. The molecule has 4 rings (SSSR count). The van der Waals surface area contributed by atoms with E-state index in [4.69, 9.17) is 0 Å². The molecule has 2 aromatic heterocycles. The predicted molar refractivity (Wildman–Crippen MR) is 72.5 cm³/mol. The number of carbonyl (C=O) groups excluding carboxylic acids is 2. The van der Waals surface area contributed by atoms with E-state index >= 15 is 0 Å². The van der Waals surface area contributed by atoms with Crippen LogP contribution in [-0.2, 0) is 0 Å². The summed E-state index contributed by atoms with van der Waals surface area (Å²) >= 11 is 0. The molecule has 2 heterocycles. The van der Waals surface area contributed by atoms with Gasteiger partial charge < -0.3 is 0 Å². The van der Waals surface area contributed by atoms with Gasteiger partial charge in [-0.2, -0.15) is 0 Å². The third-order valence-corrected chi connectivity index (χ3v) is 3.41. The van der Waals surface area contributed by atoms with E-state index in [0.29, 0.717) is 11.3 Å². The molecule has 0 bridgehead atoms. The Kier molecular flexibility index (Phi) is 2.32. The van der Waals surface area contributed by atoms with Crippen molar-refractivity contribution >= 4 is 11.6 Å². The molecule has 1 aliphatic rings. The summed E-state index contributed by atoms with van der Waals surface area (Å²) in [6, 6.07) is 10.6. The third kappa shape index (κ3) is 1.56. The molecule has 0 unspecified atom stereocenters. The maximum Gasteiger partial charge on any atom is 0.216 e. The molecule has 0 saturated carbocycles. The molecular formula is C15H8N4O2. The third-order valence-electron chi connectivity index (χ3n) is 3.41. The quantitative estimate of drug-likeness (QED) is 0.525. The van der Waals surface area contributed by atoms with Crippen molar-refractivity contribution in [3.63, 3.8) is 0 Å². The van der Waals surface area contributed by atoms with Crippen LogP contribution in [0.1, 0.15) is 32.1 Å². The lowest BCUT2D eigenvalue weighted by molar-refractivity contribution is 0.0972. The Labute approximate surface area is 119 Å². The maximum atomic E-state index is 12.6. The fourth-order valence-corrected chi connectivity index (χ4v) is 2.42. The molecule has 0 N–H and O–H groups in total. The summed E-state index contributed by atoms with van der Waals surface area (Å²) < 4.78 is 1.39. The first-order chi connectivity index (χ1) is 10.3. The van der Waals surface area contributed by atoms with E-state index < -0.39 is 0 Å². The highest BCUT2D eigenvalue weighted by molar-refractivity contribution is 6.26. The molecule has 100 valence electrons. The van der Waals surface area contributed by atoms with Gasteiger partial charge in [-0.3, -0.25) is 14.6 Å². The number of hydrogen-bond donors (Lipinski definition) is 0. The molecule has 0 atom stereocenters. The first-order valence-corrected chi connectivity index (χ1v) is 6.32. The second-order valence-electron chi connectivity index (χ2n) is 4.61. The number of pyridine rings is 1. The van der Waals surface area contributed by atoms with E-state index in [1.54, 1.807) is 12.1 Å². The van der Waals surface area contributed by atoms with Crippen LogP contribution in [0.5, 0.6) is 0 Å². The van der Waals surface area contributed by atoms with Gasteiger partial charge in [0.15, 0.2) is 5.69 Å². The van der Waals surface area contributed by atoms with Gasteiger partial charge in [0.05, 0.1) is 11.3 Å². The minimum absolute atomic E-state index is 0.0857. The Hall–Kier alpha value is -3.15. The summed E-state index contributed by atoms with van der Waals surface area (Å²) in [5.41, 5.74) is 1.56. The SMILES string of the molecule is O=C1c2ccncc2C(=O)c2c1nnn2-c1ccccc1. The molecule has 1 aliphatic carbocycles. The summed E-state index contributed by atoms with van der Waals surface area (Å²) in [5.74, 6) is -0.592. The lowest BCUT2D eigenvalue weighted by atomic mass is 9.91. The van der Waals surface area contributed by atoms with Crippen molar-refractivity contribution in [2.75, 3.05) is 0 Å². The summed E-state index contributed by atoms with van der Waals surface area (Å²) in [7, 11) is 0. The zero-order valence-corrected chi connectivity index (χ0v) is 10.7. The van der Waals surface area contributed by atoms with Gasteiger partial charge in [-0.05, 0) is 18.2 Å². The number of carbonyl (C=O) groups is 2. The molecule has 0 saturated heterocycles. The van der Waals surface area contributed by atoms with Crippen LogP contribution in [-0.4, -0.2) is 31.5 Å². The number of para-hydroxylation sites is 1. The van der Waals surface area contributed by atoms with Crippen LogP contribution in [0.3, 0.4) is 0 Å². The van der Waals surface area contributed by atoms with Crippen molar-refractivity contribution in [1.29, 1.82) is 0 Å². The van der Waals surface area contributed by atoms with E-state index in [1.165, 1.54) is 23.1 Å². The molecule has 0 aliphatic heterocycles. The zero-order chi connectivity index (χ0) is 14.4. The van der Waals surface area contributed by atoms with Gasteiger partial charge in [-0.1, -0.05) is 23.4 Å². The topological polar surface area (TPSA) is 77.7 Å². The van der Waals surface area contributed by atoms with Crippen molar-refractivity contribution in [3.05, 3.63) is 71.3 Å². The zero-order valence-electron chi connectivity index (χ0n) is 10.7. The number of benzene rings is 1. The Morgan fingerprint density at radius 1 is 0.905 bits per heavy atom. The molecule has 0 amide bonds. The van der Waals surface area contributed by atoms with E-state index in [1.807, 2.05) is 18.2 Å². The number of ketones is 2. The Morgan fingerprint density at radius 3 is 2.52 bits per heavy atom. The number of rotatable bonds is 1. The Balaban J connectivity index is 1.98. The van der Waals surface area contributed by atoms with E-state index in [2.05, 4.69) is 15.3 Å². The van der Waals surface area contributed by atoms with Crippen LogP contribution >= 0.6 is 0 Å². The summed E-state index contributed by atoms with van der Waals surface area (Å²) in [6.45, 7) is 0. The average molecular weight is 276 g/mol. The fraction of sp³-hybridized carbons (Fsp3) is 0. The Bertz CT molecular complexity index is 884. The first-order valence-electron chi connectivity index (χ1n) is 6.32. The number of aromatic nitrogens is 4. The second-order valence-corrected chi connectivity index (χ2v) is 4.61. The maximum absolute atomic E-state index is 12.6. The lowest BCUT2D eigenvalue weighted by Gasteiger charge is -2.13. The van der Waals surface area contributed by atoms with Gasteiger partial charge in [-0.25, -0.2) is 4.68 Å². The molecule has 0 fully saturated rings. The van der Waals surface area contributed by atoms with Crippen molar-refractivity contribution < 1.29 is 9.59 Å². The van der Waals surface area contributed by atoms with Crippen LogP contribution in [0.4, 0.5) is 0 Å². The molecule has 21 heavy (non-hydrogen) atoms. The van der Waals surface area contributed by atoms with Crippen LogP contribution in [0.2, 0.25) is 0 Å². The van der Waals surface area contributed by atoms with Crippen molar-refractivity contribution in [1.82, 2.24) is 20.0 Å². The molecule has 6 nitrogen and oxygen atoms in total. The van der Waals surface area contributed by atoms with E-state index in [9.17, 15) is 9.59 Å². The second kappa shape index (κ2) is 4.17. The molecule has 1 aromatic carbocycles. The van der Waals surface area contributed by atoms with E-state index in [0.717, 1.165) is 0 Å². The standard InChI is InChI=1S/C15H8N4O2/c20-14-10-6-7-16-8-11(10)15(21)13-12(14)17-18-19(13)9-4-2-1-3-5-9/h1-8H. The van der Waals surface area contributed by atoms with Gasteiger partial charge in [0, 0.05) is 18.0 Å². The number of nitrogens with zero attached hydrogens (tertiary/aromatic N) is 4. The monoisotopic (exact) mass is 276 g/mol. The highest BCUT2D eigenvalue weighted by Crippen LogP contribution is 2.26. The smallest absolute Gasteiger partial charge is 0.216 e. The first kappa shape index (κ1) is 11.7. The van der Waals surface area contributed by atoms with Gasteiger partial charge in [0.25, 0.3) is 0 Å². The van der Waals surface area contributed by atoms with Crippen LogP contribution in [0, 0.1) is 0 Å². The van der Waals surface area contributed by atoms with Gasteiger partial charge in [-0.15, -0.1) is 5.10 Å². The van der Waals surface area contributed by atoms with E-state index in [-0.39, 0.29) is 28.5 Å². The van der Waals surface area contributed by atoms with Crippen molar-refractivity contribution in [2.24, 2.45) is 0 Å². The largest absolute Gasteiger partial charge is 0.287 e. The molecule has 6 heteroatoms. The predicted octanol–water partition coefficient (Wildman–Crippen LogP) is 1.44. The summed E-state index contributed by atoms with van der Waals surface area (Å²) in [6.07, 6.45) is 2.89. The minimum Gasteiger partial charge on any atom is -0.287 e. The molecular weight excluding hydrogens is 268 g/mol. The van der Waals surface area contributed by atoms with Gasteiger partial charge >= 0.3 is 0 Å². The van der Waals surface area contributed by atoms with Crippen LogP contribution in [0.15, 0.2) is 48.8 Å². The highest BCUT2D eigenvalue weighted by atomic mass is 16.1. The van der Waals surface area contributed by atoms with Gasteiger partial charge in [0.1, 0.15) is 5.69 Å². The van der Waals surface area contributed by atoms with Crippen molar-refractivity contribution in [3.8, 4) is 5.69 Å². The summed E-state index contributed by atoms with van der Waals surface area (Å²) in [5, 5.41) is 7.84. The average Bonchev–Trinajstić information content (AvgIpc) is 2.99. The van der Waals surface area contributed by atoms with Crippen molar-refractivity contribution in [2.45, 2.75) is 0 Å². The lowest BCUT2D eigenvalue weighted by Crippen LogP contribution is -2.23. The Morgan fingerprint density at radius 2 is 1.71 bits per heavy atom. The molecule has 3 aromatic rings. The highest BCUT2D eigenvalue weighted by Gasteiger charge is 2.35. The van der Waals surface area contributed by atoms with Crippen LogP contribution in [0.25, 0.3) is 5.69 Å². The normalized spacial score (nSPS) is 13.0. The summed E-state index contributed by atoms with van der Waals surface area (Å²) in [4.78, 5) is 28.9. The number of hydrogen-bond acceptors (Lipinski definition) is 5. The van der Waals surface area contributed by atoms with Crippen LogP contribution < -0.4 is 0 Å². The fourth-order valence-electron chi connectivity index (χ4n) is 2.42.